The van der Waals surface area contributed by atoms with Crippen LogP contribution in [0.15, 0.2) is 23.3 Å². The van der Waals surface area contributed by atoms with E-state index in [-0.39, 0.29) is 11.3 Å². The molecule has 2 nitrogen and oxygen atoms in total. The van der Waals surface area contributed by atoms with Crippen LogP contribution >= 0.6 is 15.9 Å². The molecule has 0 saturated carbocycles. The van der Waals surface area contributed by atoms with Crippen molar-refractivity contribution in [2.45, 2.75) is 0 Å². The predicted octanol–water partition coefficient (Wildman–Crippen LogP) is 1.91. The number of nitrogens with zero attached hydrogens (tertiary/aromatic N) is 1. The highest BCUT2D eigenvalue weighted by molar-refractivity contribution is 9.10. The van der Waals surface area contributed by atoms with Crippen molar-refractivity contribution in [3.8, 4) is 0 Å². The fourth-order valence-electron chi connectivity index (χ4n) is 0.652. The molecule has 0 aliphatic heterocycles. The molecule has 58 valence electrons. The summed E-state index contributed by atoms with van der Waals surface area (Å²) in [5.74, 6) is -0.605. The van der Waals surface area contributed by atoms with E-state index >= 15 is 0 Å². The molecule has 1 rings (SSSR count). The van der Waals surface area contributed by atoms with Crippen molar-refractivity contribution in [2.24, 2.45) is 5.73 Å². The van der Waals surface area contributed by atoms with Crippen LogP contribution in [-0.4, -0.2) is 4.98 Å². The van der Waals surface area contributed by atoms with Crippen LogP contribution in [0.2, 0.25) is 0 Å². The van der Waals surface area contributed by atoms with Crippen LogP contribution in [0, 0.1) is 5.95 Å². The third kappa shape index (κ3) is 1.77. The minimum atomic E-state index is -0.605. The smallest absolute Gasteiger partial charge is 0.223 e. The molecule has 1 heterocycles. The lowest BCUT2D eigenvalue weighted by atomic mass is 10.2. The summed E-state index contributed by atoms with van der Waals surface area (Å²) >= 11 is 3.02. The highest BCUT2D eigenvalue weighted by atomic mass is 79.9. The predicted molar refractivity (Wildman–Crippen MR) is 45.1 cm³/mol. The average Bonchev–Trinajstić information content (AvgIpc) is 1.85. The molecule has 0 aliphatic carbocycles. The number of aromatic nitrogens is 1. The van der Waals surface area contributed by atoms with E-state index in [0.717, 1.165) is 0 Å². The highest BCUT2D eigenvalue weighted by Gasteiger charge is 2.03. The zero-order valence-corrected chi connectivity index (χ0v) is 7.23. The summed E-state index contributed by atoms with van der Waals surface area (Å²) in [6, 6.07) is 3.13. The van der Waals surface area contributed by atoms with Gasteiger partial charge in [-0.1, -0.05) is 6.58 Å². The second-order valence-electron chi connectivity index (χ2n) is 2.00. The van der Waals surface area contributed by atoms with E-state index in [2.05, 4.69) is 27.5 Å². The number of nitrogens with two attached hydrogens (primary N) is 1. The summed E-state index contributed by atoms with van der Waals surface area (Å²) in [6.07, 6.45) is 0. The summed E-state index contributed by atoms with van der Waals surface area (Å²) in [5.41, 5.74) is 5.70. The second kappa shape index (κ2) is 3.00. The monoisotopic (exact) mass is 216 g/mol. The van der Waals surface area contributed by atoms with Gasteiger partial charge in [0.1, 0.15) is 4.60 Å². The standard InChI is InChI=1S/C7H6BrFN2/c1-4(10)5-2-3-6(8)11-7(5)9/h2-3H,1,10H2. The highest BCUT2D eigenvalue weighted by Crippen LogP contribution is 2.14. The molecule has 1 aromatic heterocycles. The van der Waals surface area contributed by atoms with E-state index in [9.17, 15) is 4.39 Å². The van der Waals surface area contributed by atoms with E-state index < -0.39 is 5.95 Å². The largest absolute Gasteiger partial charge is 0.399 e. The lowest BCUT2D eigenvalue weighted by Crippen LogP contribution is -1.99. The summed E-state index contributed by atoms with van der Waals surface area (Å²) in [5, 5.41) is 0. The Kier molecular flexibility index (Phi) is 2.24. The van der Waals surface area contributed by atoms with Crippen molar-refractivity contribution in [1.82, 2.24) is 4.98 Å². The van der Waals surface area contributed by atoms with Gasteiger partial charge in [0.05, 0.1) is 5.56 Å². The molecule has 1 aromatic rings. The van der Waals surface area contributed by atoms with Gasteiger partial charge < -0.3 is 5.73 Å². The lowest BCUT2D eigenvalue weighted by molar-refractivity contribution is 0.577. The Morgan fingerprint density at radius 2 is 2.27 bits per heavy atom. The van der Waals surface area contributed by atoms with Gasteiger partial charge in [-0.05, 0) is 28.1 Å². The van der Waals surface area contributed by atoms with Crippen LogP contribution < -0.4 is 5.73 Å². The summed E-state index contributed by atoms with van der Waals surface area (Å²) in [7, 11) is 0. The van der Waals surface area contributed by atoms with Gasteiger partial charge >= 0.3 is 0 Å². The van der Waals surface area contributed by atoms with Crippen LogP contribution in [-0.2, 0) is 0 Å². The van der Waals surface area contributed by atoms with Crippen molar-refractivity contribution in [2.75, 3.05) is 0 Å². The van der Waals surface area contributed by atoms with Gasteiger partial charge in [-0.3, -0.25) is 0 Å². The maximum atomic E-state index is 12.8. The van der Waals surface area contributed by atoms with Crippen LogP contribution in [0.25, 0.3) is 5.70 Å². The first-order valence-electron chi connectivity index (χ1n) is 2.88. The Balaban J connectivity index is 3.20. The molecule has 4 heteroatoms. The molecular weight excluding hydrogens is 211 g/mol. The maximum Gasteiger partial charge on any atom is 0.223 e. The molecular formula is C7H6BrFN2. The van der Waals surface area contributed by atoms with Crippen LogP contribution in [0.5, 0.6) is 0 Å². The van der Waals surface area contributed by atoms with Crippen molar-refractivity contribution < 1.29 is 4.39 Å². The van der Waals surface area contributed by atoms with Gasteiger partial charge in [0.2, 0.25) is 5.95 Å². The zero-order valence-electron chi connectivity index (χ0n) is 5.64. The van der Waals surface area contributed by atoms with Crippen LogP contribution in [0.3, 0.4) is 0 Å². The molecule has 0 fully saturated rings. The third-order valence-electron chi connectivity index (χ3n) is 1.16. The summed E-state index contributed by atoms with van der Waals surface area (Å²) in [6.45, 7) is 3.40. The Labute approximate surface area is 72.1 Å². The van der Waals surface area contributed by atoms with E-state index in [1.54, 1.807) is 6.07 Å². The number of pyridine rings is 1. The number of halogens is 2. The minimum absolute atomic E-state index is 0.183. The first kappa shape index (κ1) is 8.20. The van der Waals surface area contributed by atoms with Crippen LogP contribution in [0.1, 0.15) is 5.56 Å². The van der Waals surface area contributed by atoms with Crippen molar-refractivity contribution in [3.05, 3.63) is 34.8 Å². The topological polar surface area (TPSA) is 38.9 Å². The van der Waals surface area contributed by atoms with Gasteiger partial charge in [0, 0.05) is 5.70 Å². The molecule has 0 radical (unpaired) electrons. The van der Waals surface area contributed by atoms with E-state index in [1.807, 2.05) is 0 Å². The molecule has 11 heavy (non-hydrogen) atoms. The number of hydrogen-bond acceptors (Lipinski definition) is 2. The second-order valence-corrected chi connectivity index (χ2v) is 2.81. The average molecular weight is 217 g/mol. The maximum absolute atomic E-state index is 12.8. The number of hydrogen-bond donors (Lipinski definition) is 1. The normalized spacial score (nSPS) is 9.64. The van der Waals surface area contributed by atoms with Crippen molar-refractivity contribution >= 4 is 21.6 Å². The third-order valence-corrected chi connectivity index (χ3v) is 1.60. The number of rotatable bonds is 1. The quantitative estimate of drug-likeness (QED) is 0.729. The fourth-order valence-corrected chi connectivity index (χ4v) is 0.940. The molecule has 0 amide bonds. The molecule has 0 unspecified atom stereocenters. The van der Waals surface area contributed by atoms with Crippen molar-refractivity contribution in [3.63, 3.8) is 0 Å². The van der Waals surface area contributed by atoms with E-state index in [1.165, 1.54) is 6.07 Å². The first-order chi connectivity index (χ1) is 5.11. The Bertz CT molecular complexity index is 298. The molecule has 0 atom stereocenters. The van der Waals surface area contributed by atoms with Gasteiger partial charge in [0.15, 0.2) is 0 Å². The Morgan fingerprint density at radius 3 is 2.73 bits per heavy atom. The zero-order chi connectivity index (χ0) is 8.43. The van der Waals surface area contributed by atoms with Gasteiger partial charge in [-0.2, -0.15) is 4.39 Å². The SMILES string of the molecule is C=C(N)c1ccc(Br)nc1F. The summed E-state index contributed by atoms with van der Waals surface area (Å²) < 4.78 is 13.3. The van der Waals surface area contributed by atoms with Crippen LogP contribution in [0.4, 0.5) is 4.39 Å². The Morgan fingerprint density at radius 1 is 1.64 bits per heavy atom. The summed E-state index contributed by atoms with van der Waals surface area (Å²) in [4.78, 5) is 3.50. The molecule has 0 spiro atoms. The minimum Gasteiger partial charge on any atom is -0.399 e. The molecule has 0 aliphatic rings. The molecule has 2 N–H and O–H groups in total. The van der Waals surface area contributed by atoms with Gasteiger partial charge in [0.25, 0.3) is 0 Å². The van der Waals surface area contributed by atoms with Gasteiger partial charge in [-0.25, -0.2) is 4.98 Å². The molecule has 0 saturated heterocycles. The Hall–Kier alpha value is -0.900. The first-order valence-corrected chi connectivity index (χ1v) is 3.67. The molecule has 0 bridgehead atoms. The fraction of sp³-hybridized carbons (Fsp3) is 0. The lowest BCUT2D eigenvalue weighted by Gasteiger charge is -1.99. The van der Waals surface area contributed by atoms with Crippen molar-refractivity contribution in [1.29, 1.82) is 0 Å². The van der Waals surface area contributed by atoms with Gasteiger partial charge in [-0.15, -0.1) is 0 Å². The van der Waals surface area contributed by atoms with E-state index in [4.69, 9.17) is 5.73 Å². The van der Waals surface area contributed by atoms with E-state index in [0.29, 0.717) is 4.60 Å². The molecule has 0 aromatic carbocycles.